The van der Waals surface area contributed by atoms with Crippen molar-refractivity contribution in [2.45, 2.75) is 26.7 Å². The molecule has 0 bridgehead atoms. The van der Waals surface area contributed by atoms with Crippen molar-refractivity contribution < 1.29 is 9.53 Å². The first-order valence-corrected chi connectivity index (χ1v) is 8.67. The molecule has 1 amide bonds. The minimum absolute atomic E-state index is 0.178. The average molecular weight is 327 g/mol. The molecule has 1 saturated heterocycles. The number of hydrogen-bond donors (Lipinski definition) is 2. The predicted molar refractivity (Wildman–Crippen MR) is 93.8 cm³/mol. The minimum atomic E-state index is 0.178. The molecule has 23 heavy (non-hydrogen) atoms. The first kappa shape index (κ1) is 19.7. The smallest absolute Gasteiger partial charge is 0.219 e. The molecule has 1 rings (SSSR count). The van der Waals surface area contributed by atoms with Crippen LogP contribution in [0.2, 0.25) is 0 Å². The van der Waals surface area contributed by atoms with Crippen molar-refractivity contribution in [1.82, 2.24) is 20.4 Å². The normalized spacial score (nSPS) is 16.5. The molecule has 0 unspecified atom stereocenters. The molecule has 1 aliphatic heterocycles. The fourth-order valence-electron chi connectivity index (χ4n) is 2.52. The zero-order valence-electron chi connectivity index (χ0n) is 14.9. The third-order valence-electron chi connectivity index (χ3n) is 3.97. The number of amides is 1. The molecule has 0 aromatic carbocycles. The summed E-state index contributed by atoms with van der Waals surface area (Å²) in [7, 11) is 1.79. The average Bonchev–Trinajstić information content (AvgIpc) is 2.56. The topological polar surface area (TPSA) is 69.2 Å². The summed E-state index contributed by atoms with van der Waals surface area (Å²) in [5.41, 5.74) is 0. The summed E-state index contributed by atoms with van der Waals surface area (Å²) in [6.07, 6.45) is 2.14. The number of unbranched alkanes of at least 4 members (excludes halogenated alkanes) is 1. The van der Waals surface area contributed by atoms with Gasteiger partial charge in [0.1, 0.15) is 0 Å². The second-order valence-corrected chi connectivity index (χ2v) is 5.68. The summed E-state index contributed by atoms with van der Waals surface area (Å²) >= 11 is 0. The van der Waals surface area contributed by atoms with Gasteiger partial charge in [-0.25, -0.2) is 0 Å². The van der Waals surface area contributed by atoms with Crippen LogP contribution in [0.15, 0.2) is 4.99 Å². The number of ether oxygens (including phenoxy) is 1. The van der Waals surface area contributed by atoms with Gasteiger partial charge in [-0.05, 0) is 19.8 Å². The van der Waals surface area contributed by atoms with E-state index in [1.807, 2.05) is 11.8 Å². The van der Waals surface area contributed by atoms with Gasteiger partial charge in [-0.2, -0.15) is 0 Å². The Hall–Kier alpha value is -1.34. The first-order valence-electron chi connectivity index (χ1n) is 8.67. The van der Waals surface area contributed by atoms with Crippen molar-refractivity contribution >= 4 is 11.9 Å². The minimum Gasteiger partial charge on any atom is -0.382 e. The van der Waals surface area contributed by atoms with E-state index in [2.05, 4.69) is 20.5 Å². The van der Waals surface area contributed by atoms with Crippen LogP contribution in [-0.4, -0.2) is 87.7 Å². The van der Waals surface area contributed by atoms with E-state index >= 15 is 0 Å². The summed E-state index contributed by atoms with van der Waals surface area (Å²) in [5, 5.41) is 6.66. The van der Waals surface area contributed by atoms with Gasteiger partial charge in [-0.3, -0.25) is 14.7 Å². The fraction of sp³-hybridized carbons (Fsp3) is 0.875. The molecule has 7 nitrogen and oxygen atoms in total. The van der Waals surface area contributed by atoms with Gasteiger partial charge in [-0.15, -0.1) is 0 Å². The van der Waals surface area contributed by atoms with E-state index in [4.69, 9.17) is 4.74 Å². The van der Waals surface area contributed by atoms with Crippen LogP contribution in [0.1, 0.15) is 26.7 Å². The van der Waals surface area contributed by atoms with Gasteiger partial charge in [0.15, 0.2) is 5.96 Å². The fourth-order valence-corrected chi connectivity index (χ4v) is 2.52. The zero-order chi connectivity index (χ0) is 16.9. The second-order valence-electron chi connectivity index (χ2n) is 5.68. The second kappa shape index (κ2) is 12.1. The third kappa shape index (κ3) is 8.76. The van der Waals surface area contributed by atoms with Crippen LogP contribution >= 0.6 is 0 Å². The lowest BCUT2D eigenvalue weighted by Crippen LogP contribution is -2.50. The molecule has 134 valence electrons. The molecule has 0 saturated carbocycles. The molecular formula is C16H33N5O2. The molecule has 0 aliphatic carbocycles. The van der Waals surface area contributed by atoms with Crippen molar-refractivity contribution in [1.29, 1.82) is 0 Å². The summed E-state index contributed by atoms with van der Waals surface area (Å²) < 4.78 is 5.32. The number of aliphatic imine (C=N–C) groups is 1. The van der Waals surface area contributed by atoms with Gasteiger partial charge in [0.2, 0.25) is 5.91 Å². The molecule has 1 fully saturated rings. The van der Waals surface area contributed by atoms with Crippen LogP contribution in [0.3, 0.4) is 0 Å². The summed E-state index contributed by atoms with van der Waals surface area (Å²) in [6.45, 7) is 11.6. The lowest BCUT2D eigenvalue weighted by Gasteiger charge is -2.34. The van der Waals surface area contributed by atoms with Crippen LogP contribution < -0.4 is 10.6 Å². The van der Waals surface area contributed by atoms with E-state index < -0.39 is 0 Å². The number of piperazine rings is 1. The molecule has 0 aromatic heterocycles. The van der Waals surface area contributed by atoms with Gasteiger partial charge in [0.25, 0.3) is 0 Å². The van der Waals surface area contributed by atoms with E-state index in [0.29, 0.717) is 0 Å². The maximum atomic E-state index is 11.3. The highest BCUT2D eigenvalue weighted by Crippen LogP contribution is 2.00. The van der Waals surface area contributed by atoms with Gasteiger partial charge < -0.3 is 20.3 Å². The van der Waals surface area contributed by atoms with E-state index in [-0.39, 0.29) is 5.91 Å². The molecule has 1 heterocycles. The Labute approximate surface area is 140 Å². The van der Waals surface area contributed by atoms with E-state index in [1.54, 1.807) is 14.0 Å². The number of carbonyl (C=O) groups is 1. The Kier molecular flexibility index (Phi) is 10.4. The van der Waals surface area contributed by atoms with E-state index in [0.717, 1.165) is 77.8 Å². The Balaban J connectivity index is 2.06. The highest BCUT2D eigenvalue weighted by atomic mass is 16.5. The Morgan fingerprint density at radius 3 is 2.43 bits per heavy atom. The molecule has 0 radical (unpaired) electrons. The maximum absolute atomic E-state index is 11.3. The van der Waals surface area contributed by atoms with Crippen LogP contribution in [0, 0.1) is 0 Å². The Bertz CT molecular complexity index is 354. The van der Waals surface area contributed by atoms with Crippen LogP contribution in [0.25, 0.3) is 0 Å². The number of guanidine groups is 1. The van der Waals surface area contributed by atoms with Gasteiger partial charge in [-0.1, -0.05) is 0 Å². The number of hydrogen-bond acceptors (Lipinski definition) is 4. The van der Waals surface area contributed by atoms with Gasteiger partial charge in [0.05, 0.1) is 0 Å². The number of carbonyl (C=O) groups excluding carboxylic acids is 1. The number of nitrogens with zero attached hydrogens (tertiary/aromatic N) is 3. The number of rotatable bonds is 9. The molecule has 0 aromatic rings. The number of nitrogens with one attached hydrogen (secondary N) is 2. The molecule has 0 spiro atoms. The van der Waals surface area contributed by atoms with Crippen molar-refractivity contribution in [2.75, 3.05) is 66.1 Å². The molecular weight excluding hydrogens is 294 g/mol. The summed E-state index contributed by atoms with van der Waals surface area (Å²) in [5.74, 6) is 1.03. The SMILES string of the molecule is CCOCCCCNC(=NC)NCCN1CCN(C(C)=O)CC1. The molecule has 1 aliphatic rings. The zero-order valence-corrected chi connectivity index (χ0v) is 14.9. The predicted octanol–water partition coefficient (Wildman–Crippen LogP) is 0.132. The lowest BCUT2D eigenvalue weighted by atomic mass is 10.3. The molecule has 0 atom stereocenters. The van der Waals surface area contributed by atoms with Crippen LogP contribution in [-0.2, 0) is 9.53 Å². The monoisotopic (exact) mass is 327 g/mol. The van der Waals surface area contributed by atoms with Crippen LogP contribution in [0.5, 0.6) is 0 Å². The largest absolute Gasteiger partial charge is 0.382 e. The van der Waals surface area contributed by atoms with Crippen LogP contribution in [0.4, 0.5) is 0 Å². The summed E-state index contributed by atoms with van der Waals surface area (Å²) in [4.78, 5) is 19.8. The quantitative estimate of drug-likeness (QED) is 0.358. The first-order chi connectivity index (χ1) is 11.2. The van der Waals surface area contributed by atoms with Crippen molar-refractivity contribution in [3.63, 3.8) is 0 Å². The standard InChI is InChI=1S/C16H33N5O2/c1-4-23-14-6-5-7-18-16(17-3)19-8-9-20-10-12-21(13-11-20)15(2)22/h4-14H2,1-3H3,(H2,17,18,19). The maximum Gasteiger partial charge on any atom is 0.219 e. The summed E-state index contributed by atoms with van der Waals surface area (Å²) in [6, 6.07) is 0. The van der Waals surface area contributed by atoms with Gasteiger partial charge in [0, 0.05) is 73.0 Å². The van der Waals surface area contributed by atoms with Crippen molar-refractivity contribution in [3.8, 4) is 0 Å². The Morgan fingerprint density at radius 2 is 1.83 bits per heavy atom. The van der Waals surface area contributed by atoms with E-state index in [9.17, 15) is 4.79 Å². The lowest BCUT2D eigenvalue weighted by molar-refractivity contribution is -0.130. The molecule has 7 heteroatoms. The highest BCUT2D eigenvalue weighted by molar-refractivity contribution is 5.79. The highest BCUT2D eigenvalue weighted by Gasteiger charge is 2.17. The van der Waals surface area contributed by atoms with Crippen molar-refractivity contribution in [3.05, 3.63) is 0 Å². The van der Waals surface area contributed by atoms with Crippen molar-refractivity contribution in [2.24, 2.45) is 4.99 Å². The molecule has 2 N–H and O–H groups in total. The van der Waals surface area contributed by atoms with Gasteiger partial charge >= 0.3 is 0 Å². The third-order valence-corrected chi connectivity index (χ3v) is 3.97. The Morgan fingerprint density at radius 1 is 1.13 bits per heavy atom. The van der Waals surface area contributed by atoms with E-state index in [1.165, 1.54) is 0 Å².